The zero-order valence-electron chi connectivity index (χ0n) is 9.98. The Kier molecular flexibility index (Phi) is 3.95. The fraction of sp³-hybridized carbons (Fsp3) is 0.143. The van der Waals surface area contributed by atoms with Gasteiger partial charge >= 0.3 is 0 Å². The van der Waals surface area contributed by atoms with Gasteiger partial charge in [-0.05, 0) is 36.8 Å². The second-order valence-electron chi connectivity index (χ2n) is 3.92. The van der Waals surface area contributed by atoms with E-state index in [1.165, 1.54) is 0 Å². The first-order valence-corrected chi connectivity index (χ1v) is 5.99. The largest absolute Gasteiger partial charge is 0.346 e. The van der Waals surface area contributed by atoms with Gasteiger partial charge in [-0.3, -0.25) is 9.78 Å². The lowest BCUT2D eigenvalue weighted by atomic mass is 10.1. The van der Waals surface area contributed by atoms with Crippen molar-refractivity contribution in [2.24, 2.45) is 0 Å². The normalized spacial score (nSPS) is 10.1. The maximum absolute atomic E-state index is 12.0. The molecular weight excluding hydrogens is 248 g/mol. The summed E-state index contributed by atoms with van der Waals surface area (Å²) in [5.41, 5.74) is 2.21. The van der Waals surface area contributed by atoms with E-state index in [0.29, 0.717) is 17.1 Å². The number of hydrogen-bond acceptors (Lipinski definition) is 2. The first kappa shape index (κ1) is 12.6. The second kappa shape index (κ2) is 5.65. The predicted octanol–water partition coefficient (Wildman–Crippen LogP) is 2.97. The SMILES string of the molecule is Cc1c(Cl)cccc1C(=O)NCc1ccccn1. The van der Waals surface area contributed by atoms with Crippen LogP contribution in [-0.2, 0) is 6.54 Å². The van der Waals surface area contributed by atoms with Crippen molar-refractivity contribution in [3.05, 3.63) is 64.4 Å². The van der Waals surface area contributed by atoms with Crippen LogP contribution in [0.25, 0.3) is 0 Å². The summed E-state index contributed by atoms with van der Waals surface area (Å²) in [6, 6.07) is 10.9. The van der Waals surface area contributed by atoms with Gasteiger partial charge in [-0.25, -0.2) is 0 Å². The number of halogens is 1. The number of rotatable bonds is 3. The minimum atomic E-state index is -0.138. The molecule has 0 aliphatic rings. The van der Waals surface area contributed by atoms with E-state index in [9.17, 15) is 4.79 Å². The quantitative estimate of drug-likeness (QED) is 0.922. The molecule has 3 nitrogen and oxygen atoms in total. The summed E-state index contributed by atoms with van der Waals surface area (Å²) in [4.78, 5) is 16.1. The van der Waals surface area contributed by atoms with Crippen LogP contribution in [0.1, 0.15) is 21.6 Å². The number of carbonyl (C=O) groups is 1. The first-order valence-electron chi connectivity index (χ1n) is 5.61. The van der Waals surface area contributed by atoms with Crippen LogP contribution in [0.15, 0.2) is 42.6 Å². The molecule has 1 heterocycles. The molecule has 0 atom stereocenters. The van der Waals surface area contributed by atoms with Gasteiger partial charge in [-0.1, -0.05) is 23.7 Å². The molecule has 2 aromatic rings. The molecular formula is C14H13ClN2O. The molecule has 0 radical (unpaired) electrons. The molecule has 0 aliphatic heterocycles. The van der Waals surface area contributed by atoms with E-state index in [-0.39, 0.29) is 5.91 Å². The van der Waals surface area contributed by atoms with Crippen molar-refractivity contribution in [3.8, 4) is 0 Å². The maximum Gasteiger partial charge on any atom is 0.251 e. The zero-order chi connectivity index (χ0) is 13.0. The summed E-state index contributed by atoms with van der Waals surface area (Å²) in [5, 5.41) is 3.42. The van der Waals surface area contributed by atoms with Crippen LogP contribution in [0, 0.1) is 6.92 Å². The minimum Gasteiger partial charge on any atom is -0.346 e. The topological polar surface area (TPSA) is 42.0 Å². The fourth-order valence-electron chi connectivity index (χ4n) is 1.62. The summed E-state index contributed by atoms with van der Waals surface area (Å²) in [5.74, 6) is -0.138. The van der Waals surface area contributed by atoms with Crippen molar-refractivity contribution < 1.29 is 4.79 Å². The van der Waals surface area contributed by atoms with Crippen molar-refractivity contribution in [3.63, 3.8) is 0 Å². The van der Waals surface area contributed by atoms with Crippen LogP contribution in [0.5, 0.6) is 0 Å². The summed E-state index contributed by atoms with van der Waals surface area (Å²) in [7, 11) is 0. The van der Waals surface area contributed by atoms with Gasteiger partial charge in [-0.15, -0.1) is 0 Å². The predicted molar refractivity (Wildman–Crippen MR) is 71.6 cm³/mol. The average Bonchev–Trinajstić information content (AvgIpc) is 2.40. The first-order chi connectivity index (χ1) is 8.68. The van der Waals surface area contributed by atoms with Gasteiger partial charge in [0.05, 0.1) is 12.2 Å². The lowest BCUT2D eigenvalue weighted by molar-refractivity contribution is 0.0950. The highest BCUT2D eigenvalue weighted by atomic mass is 35.5. The molecule has 1 aromatic heterocycles. The summed E-state index contributed by atoms with van der Waals surface area (Å²) < 4.78 is 0. The smallest absolute Gasteiger partial charge is 0.251 e. The Morgan fingerprint density at radius 1 is 1.28 bits per heavy atom. The van der Waals surface area contributed by atoms with Crippen LogP contribution in [0.4, 0.5) is 0 Å². The van der Waals surface area contributed by atoms with E-state index in [0.717, 1.165) is 11.3 Å². The van der Waals surface area contributed by atoms with Crippen LogP contribution in [0.3, 0.4) is 0 Å². The monoisotopic (exact) mass is 260 g/mol. The third kappa shape index (κ3) is 2.87. The molecule has 1 aromatic carbocycles. The molecule has 0 aliphatic carbocycles. The second-order valence-corrected chi connectivity index (χ2v) is 4.32. The fourth-order valence-corrected chi connectivity index (χ4v) is 1.80. The number of carbonyl (C=O) groups excluding carboxylic acids is 1. The van der Waals surface area contributed by atoms with Gasteiger partial charge in [0.15, 0.2) is 0 Å². The van der Waals surface area contributed by atoms with Crippen molar-refractivity contribution in [1.82, 2.24) is 10.3 Å². The molecule has 92 valence electrons. The van der Waals surface area contributed by atoms with Gasteiger partial charge in [0.1, 0.15) is 0 Å². The van der Waals surface area contributed by atoms with Crippen LogP contribution in [0.2, 0.25) is 5.02 Å². The van der Waals surface area contributed by atoms with E-state index in [4.69, 9.17) is 11.6 Å². The minimum absolute atomic E-state index is 0.138. The Morgan fingerprint density at radius 2 is 2.11 bits per heavy atom. The highest BCUT2D eigenvalue weighted by molar-refractivity contribution is 6.31. The van der Waals surface area contributed by atoms with Gasteiger partial charge in [0, 0.05) is 16.8 Å². The molecule has 0 fully saturated rings. The summed E-state index contributed by atoms with van der Waals surface area (Å²) in [6.07, 6.45) is 1.70. The lowest BCUT2D eigenvalue weighted by Crippen LogP contribution is -2.24. The third-order valence-electron chi connectivity index (χ3n) is 2.67. The Labute approximate surface area is 111 Å². The van der Waals surface area contributed by atoms with Gasteiger partial charge in [0.2, 0.25) is 0 Å². The number of pyridine rings is 1. The van der Waals surface area contributed by atoms with Crippen LogP contribution in [-0.4, -0.2) is 10.9 Å². The van der Waals surface area contributed by atoms with Crippen molar-refractivity contribution in [2.45, 2.75) is 13.5 Å². The highest BCUT2D eigenvalue weighted by Gasteiger charge is 2.10. The van der Waals surface area contributed by atoms with Gasteiger partial charge in [-0.2, -0.15) is 0 Å². The summed E-state index contributed by atoms with van der Waals surface area (Å²) >= 11 is 5.98. The van der Waals surface area contributed by atoms with E-state index in [1.807, 2.05) is 25.1 Å². The molecule has 18 heavy (non-hydrogen) atoms. The Hall–Kier alpha value is -1.87. The number of nitrogens with one attached hydrogen (secondary N) is 1. The average molecular weight is 261 g/mol. The number of nitrogens with zero attached hydrogens (tertiary/aromatic N) is 1. The molecule has 0 bridgehead atoms. The Bertz CT molecular complexity index is 555. The maximum atomic E-state index is 12.0. The Balaban J connectivity index is 2.07. The number of amides is 1. The Morgan fingerprint density at radius 3 is 2.83 bits per heavy atom. The van der Waals surface area contributed by atoms with Gasteiger partial charge < -0.3 is 5.32 Å². The zero-order valence-corrected chi connectivity index (χ0v) is 10.7. The molecule has 0 unspecified atom stereocenters. The lowest BCUT2D eigenvalue weighted by Gasteiger charge is -2.08. The highest BCUT2D eigenvalue weighted by Crippen LogP contribution is 2.18. The van der Waals surface area contributed by atoms with E-state index in [2.05, 4.69) is 10.3 Å². The van der Waals surface area contributed by atoms with E-state index < -0.39 is 0 Å². The third-order valence-corrected chi connectivity index (χ3v) is 3.08. The molecule has 4 heteroatoms. The summed E-state index contributed by atoms with van der Waals surface area (Å²) in [6.45, 7) is 2.24. The molecule has 1 N–H and O–H groups in total. The molecule has 1 amide bonds. The van der Waals surface area contributed by atoms with E-state index >= 15 is 0 Å². The van der Waals surface area contributed by atoms with Crippen molar-refractivity contribution in [2.75, 3.05) is 0 Å². The van der Waals surface area contributed by atoms with Crippen LogP contribution >= 0.6 is 11.6 Å². The van der Waals surface area contributed by atoms with E-state index in [1.54, 1.807) is 24.4 Å². The molecule has 2 rings (SSSR count). The number of benzene rings is 1. The van der Waals surface area contributed by atoms with Crippen LogP contribution < -0.4 is 5.32 Å². The number of aromatic nitrogens is 1. The molecule has 0 spiro atoms. The molecule has 0 saturated heterocycles. The number of hydrogen-bond donors (Lipinski definition) is 1. The van der Waals surface area contributed by atoms with Gasteiger partial charge in [0.25, 0.3) is 5.91 Å². The van der Waals surface area contributed by atoms with Crippen molar-refractivity contribution >= 4 is 17.5 Å². The standard InChI is InChI=1S/C14H13ClN2O/c1-10-12(6-4-7-13(10)15)14(18)17-9-11-5-2-3-8-16-11/h2-8H,9H2,1H3,(H,17,18). The van der Waals surface area contributed by atoms with Crippen molar-refractivity contribution in [1.29, 1.82) is 0 Å². The molecule has 0 saturated carbocycles.